The molecule has 2 heterocycles. The summed E-state index contributed by atoms with van der Waals surface area (Å²) in [6, 6.07) is 10.0. The molecule has 0 bridgehead atoms. The standard InChI is InChI=1S/C29H28F6N2O2S/c1-3-4-11-36(27(39)20-14-21(28(30,31)32)16-22(15-20)29(33,34)35)17-25(38)37-12-9-24-23(10-13-40-24)26(37)19-7-5-18(2)6-8-19/h5-8,10,13-16,26H,3-4,9,11-12,17H2,1-2H3. The van der Waals surface area contributed by atoms with E-state index in [0.717, 1.165) is 26.5 Å². The van der Waals surface area contributed by atoms with E-state index in [4.69, 9.17) is 0 Å². The van der Waals surface area contributed by atoms with Crippen LogP contribution in [0.3, 0.4) is 0 Å². The quantitative estimate of drug-likeness (QED) is 0.271. The number of hydrogen-bond acceptors (Lipinski definition) is 3. The molecule has 11 heteroatoms. The number of unbranched alkanes of at least 4 members (excludes halogenated alkanes) is 1. The average molecular weight is 583 g/mol. The first-order valence-corrected chi connectivity index (χ1v) is 13.7. The van der Waals surface area contributed by atoms with Gasteiger partial charge in [-0.1, -0.05) is 43.2 Å². The van der Waals surface area contributed by atoms with Gasteiger partial charge in [-0.15, -0.1) is 11.3 Å². The largest absolute Gasteiger partial charge is 0.416 e. The molecular formula is C29H28F6N2O2S. The van der Waals surface area contributed by atoms with E-state index >= 15 is 0 Å². The summed E-state index contributed by atoms with van der Waals surface area (Å²) in [5.41, 5.74) is -1.04. The highest BCUT2D eigenvalue weighted by atomic mass is 32.1. The monoisotopic (exact) mass is 582 g/mol. The van der Waals surface area contributed by atoms with Gasteiger partial charge in [0.15, 0.2) is 0 Å². The predicted octanol–water partition coefficient (Wildman–Crippen LogP) is 7.51. The predicted molar refractivity (Wildman–Crippen MR) is 140 cm³/mol. The Hall–Kier alpha value is -3.34. The molecular weight excluding hydrogens is 554 g/mol. The summed E-state index contributed by atoms with van der Waals surface area (Å²) in [7, 11) is 0. The van der Waals surface area contributed by atoms with E-state index in [1.165, 1.54) is 0 Å². The summed E-state index contributed by atoms with van der Waals surface area (Å²) in [5.74, 6) is -1.49. The third-order valence-electron chi connectivity index (χ3n) is 6.91. The van der Waals surface area contributed by atoms with Gasteiger partial charge in [-0.05, 0) is 60.5 Å². The Labute approximate surface area is 232 Å². The fourth-order valence-corrected chi connectivity index (χ4v) is 5.71. The van der Waals surface area contributed by atoms with Crippen molar-refractivity contribution in [3.63, 3.8) is 0 Å². The zero-order chi connectivity index (χ0) is 29.2. The maximum absolute atomic E-state index is 13.7. The van der Waals surface area contributed by atoms with Gasteiger partial charge >= 0.3 is 12.4 Å². The number of benzene rings is 2. The molecule has 0 fully saturated rings. The summed E-state index contributed by atoms with van der Waals surface area (Å²) >= 11 is 1.59. The van der Waals surface area contributed by atoms with E-state index in [0.29, 0.717) is 37.9 Å². The smallest absolute Gasteiger partial charge is 0.330 e. The molecule has 1 aromatic heterocycles. The van der Waals surface area contributed by atoms with Crippen molar-refractivity contribution < 1.29 is 35.9 Å². The van der Waals surface area contributed by atoms with Crippen molar-refractivity contribution in [2.75, 3.05) is 19.6 Å². The zero-order valence-electron chi connectivity index (χ0n) is 21.9. The van der Waals surface area contributed by atoms with Crippen molar-refractivity contribution in [1.29, 1.82) is 0 Å². The first-order valence-electron chi connectivity index (χ1n) is 12.8. The van der Waals surface area contributed by atoms with Gasteiger partial charge < -0.3 is 9.80 Å². The van der Waals surface area contributed by atoms with Crippen LogP contribution in [0.4, 0.5) is 26.3 Å². The molecule has 0 radical (unpaired) electrons. The number of nitrogens with zero attached hydrogens (tertiary/aromatic N) is 2. The molecule has 0 aliphatic carbocycles. The number of thiophene rings is 1. The van der Waals surface area contributed by atoms with Crippen LogP contribution in [0.5, 0.6) is 0 Å². The zero-order valence-corrected chi connectivity index (χ0v) is 22.7. The van der Waals surface area contributed by atoms with Crippen LogP contribution >= 0.6 is 11.3 Å². The maximum atomic E-state index is 13.7. The number of hydrogen-bond donors (Lipinski definition) is 0. The van der Waals surface area contributed by atoms with E-state index in [9.17, 15) is 35.9 Å². The van der Waals surface area contributed by atoms with Crippen molar-refractivity contribution in [2.45, 2.75) is 51.5 Å². The first-order chi connectivity index (χ1) is 18.8. The van der Waals surface area contributed by atoms with E-state index in [1.54, 1.807) is 16.2 Å². The number of carbonyl (C=O) groups excluding carboxylic acids is 2. The van der Waals surface area contributed by atoms with Crippen LogP contribution in [0, 0.1) is 6.92 Å². The minimum atomic E-state index is -5.09. The Bertz CT molecular complexity index is 1330. The van der Waals surface area contributed by atoms with Crippen LogP contribution in [0.15, 0.2) is 53.9 Å². The van der Waals surface area contributed by atoms with E-state index in [-0.39, 0.29) is 12.6 Å². The number of amides is 2. The summed E-state index contributed by atoms with van der Waals surface area (Å²) in [5, 5.41) is 1.95. The Balaban J connectivity index is 1.67. The Morgan fingerprint density at radius 1 is 0.975 bits per heavy atom. The van der Waals surface area contributed by atoms with Gasteiger partial charge in [-0.25, -0.2) is 0 Å². The SMILES string of the molecule is CCCCN(CC(=O)N1CCc2sccc2C1c1ccc(C)cc1)C(=O)c1cc(C(F)(F)F)cc(C(F)(F)F)c1. The highest BCUT2D eigenvalue weighted by Crippen LogP contribution is 2.39. The van der Waals surface area contributed by atoms with Gasteiger partial charge in [-0.2, -0.15) is 26.3 Å². The van der Waals surface area contributed by atoms with E-state index in [2.05, 4.69) is 0 Å². The third-order valence-corrected chi connectivity index (χ3v) is 7.91. The van der Waals surface area contributed by atoms with Crippen LogP contribution in [-0.4, -0.2) is 41.2 Å². The summed E-state index contributed by atoms with van der Waals surface area (Å²) in [4.78, 5) is 30.9. The van der Waals surface area contributed by atoms with Gasteiger partial charge in [-0.3, -0.25) is 9.59 Å². The topological polar surface area (TPSA) is 40.6 Å². The first kappa shape index (κ1) is 29.6. The Morgan fingerprint density at radius 3 is 2.17 bits per heavy atom. The van der Waals surface area contributed by atoms with Gasteiger partial charge in [0.1, 0.15) is 6.54 Å². The minimum absolute atomic E-state index is 0.00537. The molecule has 0 saturated carbocycles. The Morgan fingerprint density at radius 2 is 1.60 bits per heavy atom. The summed E-state index contributed by atoms with van der Waals surface area (Å²) < 4.78 is 80.6. The fourth-order valence-electron chi connectivity index (χ4n) is 4.81. The number of fused-ring (bicyclic) bond motifs is 1. The number of carbonyl (C=O) groups is 2. The molecule has 4 rings (SSSR count). The second-order valence-corrected chi connectivity index (χ2v) is 10.8. The molecule has 1 unspecified atom stereocenters. The lowest BCUT2D eigenvalue weighted by Gasteiger charge is -2.37. The van der Waals surface area contributed by atoms with Crippen LogP contribution in [0.25, 0.3) is 0 Å². The lowest BCUT2D eigenvalue weighted by Crippen LogP contribution is -2.47. The highest BCUT2D eigenvalue weighted by Gasteiger charge is 2.39. The van der Waals surface area contributed by atoms with Crippen molar-refractivity contribution in [2.24, 2.45) is 0 Å². The second kappa shape index (κ2) is 11.6. The van der Waals surface area contributed by atoms with Crippen LogP contribution < -0.4 is 0 Å². The van der Waals surface area contributed by atoms with Gasteiger partial charge in [0, 0.05) is 23.5 Å². The van der Waals surface area contributed by atoms with Gasteiger partial charge in [0.25, 0.3) is 5.91 Å². The van der Waals surface area contributed by atoms with Gasteiger partial charge in [0.05, 0.1) is 17.2 Å². The molecule has 1 atom stereocenters. The van der Waals surface area contributed by atoms with E-state index in [1.807, 2.05) is 49.6 Å². The lowest BCUT2D eigenvalue weighted by molar-refractivity contribution is -0.143. The summed E-state index contributed by atoms with van der Waals surface area (Å²) in [6.07, 6.45) is -8.56. The maximum Gasteiger partial charge on any atom is 0.416 e. The Kier molecular flexibility index (Phi) is 8.63. The van der Waals surface area contributed by atoms with Crippen molar-refractivity contribution >= 4 is 23.2 Å². The number of rotatable bonds is 7. The second-order valence-electron chi connectivity index (χ2n) is 9.82. The molecule has 2 aromatic carbocycles. The van der Waals surface area contributed by atoms with Crippen LogP contribution in [-0.2, 0) is 23.6 Å². The van der Waals surface area contributed by atoms with Crippen molar-refractivity contribution in [3.05, 3.63) is 92.2 Å². The number of alkyl halides is 6. The molecule has 3 aromatic rings. The highest BCUT2D eigenvalue weighted by molar-refractivity contribution is 7.10. The lowest BCUT2D eigenvalue weighted by atomic mass is 9.92. The molecule has 40 heavy (non-hydrogen) atoms. The minimum Gasteiger partial charge on any atom is -0.330 e. The van der Waals surface area contributed by atoms with Crippen molar-refractivity contribution in [3.8, 4) is 0 Å². The molecule has 0 spiro atoms. The molecule has 214 valence electrons. The van der Waals surface area contributed by atoms with Crippen LogP contribution in [0.2, 0.25) is 0 Å². The normalized spacial score (nSPS) is 15.6. The summed E-state index contributed by atoms with van der Waals surface area (Å²) in [6.45, 7) is 3.66. The molecule has 2 amide bonds. The molecule has 0 saturated heterocycles. The number of aryl methyl sites for hydroxylation is 1. The number of halogens is 6. The molecule has 4 nitrogen and oxygen atoms in total. The van der Waals surface area contributed by atoms with Crippen molar-refractivity contribution in [1.82, 2.24) is 9.80 Å². The third kappa shape index (κ3) is 6.51. The molecule has 1 aliphatic rings. The molecule has 1 aliphatic heterocycles. The van der Waals surface area contributed by atoms with Crippen LogP contribution in [0.1, 0.15) is 68.9 Å². The van der Waals surface area contributed by atoms with E-state index < -0.39 is 53.4 Å². The fraction of sp³-hybridized carbons (Fsp3) is 0.379. The van der Waals surface area contributed by atoms with Gasteiger partial charge in [0.2, 0.25) is 5.91 Å². The molecule has 0 N–H and O–H groups in total. The average Bonchev–Trinajstić information content (AvgIpc) is 3.38.